The molecule has 0 spiro atoms. The van der Waals surface area contributed by atoms with Gasteiger partial charge < -0.3 is 0 Å². The van der Waals surface area contributed by atoms with E-state index in [0.717, 1.165) is 25.1 Å². The van der Waals surface area contributed by atoms with Gasteiger partial charge in [0, 0.05) is 0 Å². The molecule has 0 unspecified atom stereocenters. The first kappa shape index (κ1) is 20.4. The van der Waals surface area contributed by atoms with E-state index in [1.807, 2.05) is 0 Å². The van der Waals surface area contributed by atoms with Crippen LogP contribution in [0.25, 0.3) is 27.5 Å². The van der Waals surface area contributed by atoms with Crippen LogP contribution in [-0.2, 0) is 6.42 Å². The van der Waals surface area contributed by atoms with Crippen LogP contribution in [0.4, 0.5) is 5.69 Å². The molecule has 6 aliphatic heterocycles. The van der Waals surface area contributed by atoms with Crippen LogP contribution in [0.5, 0.6) is 0 Å². The summed E-state index contributed by atoms with van der Waals surface area (Å²) in [4.78, 5) is 0. The molecule has 4 fully saturated rings. The first-order valence-electron chi connectivity index (χ1n) is 14.3. The van der Waals surface area contributed by atoms with Gasteiger partial charge in [0.15, 0.2) is 0 Å². The third kappa shape index (κ3) is 1.98. The molecule has 5 aromatic carbocycles. The van der Waals surface area contributed by atoms with Gasteiger partial charge in [0.05, 0.1) is 0 Å². The van der Waals surface area contributed by atoms with E-state index in [9.17, 15) is 0 Å². The molecule has 2 nitrogen and oxygen atoms in total. The Labute approximate surface area is 229 Å². The molecule has 39 heavy (non-hydrogen) atoms. The van der Waals surface area contributed by atoms with Crippen molar-refractivity contribution in [2.75, 3.05) is 5.09 Å². The first-order valence-corrected chi connectivity index (χ1v) is 16.7. The molecule has 6 aliphatic rings. The van der Waals surface area contributed by atoms with Crippen LogP contribution in [0, 0.1) is 0 Å². The van der Waals surface area contributed by atoms with Gasteiger partial charge in [-0.25, -0.2) is 0 Å². The molecule has 176 valence electrons. The summed E-state index contributed by atoms with van der Waals surface area (Å²) in [6, 6.07) is 41.3. The zero-order valence-corrected chi connectivity index (χ0v) is 22.3. The topological polar surface area (TPSA) is 17.0 Å². The summed E-state index contributed by atoms with van der Waals surface area (Å²) in [5.41, 5.74) is 13.1. The number of nitrogens with one attached hydrogen (secondary N) is 1. The molecule has 2 bridgehead atoms. The standard InChI is InChI=1S/C31H21B5N2P/c1-2-9-21(10-3-1)37-39(34-32-35(39)36(34)39)29-16-8-13-25-24(29)19-20-17-18-23-22-11-4-6-14-27(22)38-28-15-7-5-12-26(28)33(25)30(20)31(23)38/h1-18,37H,19H2/q-1. The van der Waals surface area contributed by atoms with Gasteiger partial charge in [-0.15, -0.1) is 0 Å². The monoisotopic (exact) mass is 507 g/mol. The fraction of sp³-hybridized carbons (Fsp3) is 0.0323. The van der Waals surface area contributed by atoms with Crippen molar-refractivity contribution >= 4 is 88.0 Å². The van der Waals surface area contributed by atoms with Crippen LogP contribution in [-0.4, -0.2) is 37.0 Å². The molecule has 8 heteroatoms. The third-order valence-electron chi connectivity index (χ3n) is 11.1. The fourth-order valence-electron chi connectivity index (χ4n) is 9.45. The van der Waals surface area contributed by atoms with Crippen molar-refractivity contribution in [2.24, 2.45) is 0 Å². The van der Waals surface area contributed by atoms with E-state index in [1.165, 1.54) is 49.7 Å². The molecule has 1 aromatic heterocycles. The van der Waals surface area contributed by atoms with Crippen molar-refractivity contribution < 1.29 is 0 Å². The molecule has 0 atom stereocenters. The summed E-state index contributed by atoms with van der Waals surface area (Å²) in [6.45, 7) is 0.286. The molecule has 0 saturated carbocycles. The van der Waals surface area contributed by atoms with E-state index in [-0.39, 0.29) is 6.71 Å². The first-order chi connectivity index (χ1) is 19.3. The molecule has 0 amide bonds. The van der Waals surface area contributed by atoms with Crippen LogP contribution < -0.4 is 26.8 Å². The number of aromatic nitrogens is 1. The summed E-state index contributed by atoms with van der Waals surface area (Å²) < 4.78 is 2.55. The minimum atomic E-state index is -2.12. The predicted octanol–water partition coefficient (Wildman–Crippen LogP) is 3.59. The number of fused-ring (bicyclic) bond motifs is 8. The number of para-hydroxylation sites is 3. The Kier molecular flexibility index (Phi) is 3.27. The summed E-state index contributed by atoms with van der Waals surface area (Å²) in [5, 5.41) is 8.72. The Hall–Kier alpha value is -3.55. The minimum absolute atomic E-state index is 0.286. The van der Waals surface area contributed by atoms with Crippen molar-refractivity contribution in [3.8, 4) is 5.69 Å². The van der Waals surface area contributed by atoms with Gasteiger partial charge in [0.1, 0.15) is 0 Å². The summed E-state index contributed by atoms with van der Waals surface area (Å²) in [6.07, 6.45) is 1.38. The molecule has 7 heterocycles. The fourth-order valence-corrected chi connectivity index (χ4v) is 17.8. The number of anilines is 1. The van der Waals surface area contributed by atoms with Crippen LogP contribution in [0.3, 0.4) is 0 Å². The second-order valence-corrected chi connectivity index (χ2v) is 17.5. The molecule has 2 radical (unpaired) electrons. The van der Waals surface area contributed by atoms with E-state index in [1.54, 1.807) is 16.3 Å². The van der Waals surface area contributed by atoms with Gasteiger partial charge >= 0.3 is 230 Å². The summed E-state index contributed by atoms with van der Waals surface area (Å²) in [5.74, 6) is 0. The van der Waals surface area contributed by atoms with Gasteiger partial charge in [-0.1, -0.05) is 0 Å². The number of rotatable bonds is 3. The van der Waals surface area contributed by atoms with Gasteiger partial charge in [0.25, 0.3) is 0 Å². The molecule has 0 aliphatic carbocycles. The molecular formula is C31H21B5N2P-. The van der Waals surface area contributed by atoms with Crippen molar-refractivity contribution in [2.45, 2.75) is 6.42 Å². The normalized spacial score (nSPS) is 19.9. The van der Waals surface area contributed by atoms with Crippen molar-refractivity contribution in [1.29, 1.82) is 0 Å². The molecule has 6 aromatic rings. The van der Waals surface area contributed by atoms with Crippen molar-refractivity contribution in [3.05, 3.63) is 120 Å². The van der Waals surface area contributed by atoms with E-state index in [4.69, 9.17) is 0 Å². The second kappa shape index (κ2) is 6.27. The van der Waals surface area contributed by atoms with E-state index >= 15 is 0 Å². The maximum atomic E-state index is 4.28. The van der Waals surface area contributed by atoms with Crippen LogP contribution in [0.15, 0.2) is 109 Å². The number of hydrogen-bond donors (Lipinski definition) is 1. The van der Waals surface area contributed by atoms with Gasteiger partial charge in [-0.2, -0.15) is 0 Å². The van der Waals surface area contributed by atoms with Crippen molar-refractivity contribution in [3.63, 3.8) is 0 Å². The van der Waals surface area contributed by atoms with Gasteiger partial charge in [0.2, 0.25) is 0 Å². The second-order valence-electron chi connectivity index (χ2n) is 12.4. The quantitative estimate of drug-likeness (QED) is 0.286. The van der Waals surface area contributed by atoms with Gasteiger partial charge in [-0.05, 0) is 0 Å². The Morgan fingerprint density at radius 2 is 1.49 bits per heavy atom. The van der Waals surface area contributed by atoms with Crippen LogP contribution in [0.1, 0.15) is 11.1 Å². The summed E-state index contributed by atoms with van der Waals surface area (Å²) in [7, 11) is 2.65. The van der Waals surface area contributed by atoms with Gasteiger partial charge in [-0.3, -0.25) is 0 Å². The Balaban J connectivity index is 1.21. The van der Waals surface area contributed by atoms with Crippen LogP contribution in [0.2, 0.25) is 0 Å². The van der Waals surface area contributed by atoms with E-state index < -0.39 is 6.39 Å². The average Bonchev–Trinajstić information content (AvgIpc) is 3.55. The summed E-state index contributed by atoms with van der Waals surface area (Å²) >= 11 is 0. The number of hydrogen-bond acceptors (Lipinski definition) is 1. The zero-order valence-electron chi connectivity index (χ0n) is 21.4. The van der Waals surface area contributed by atoms with Crippen LogP contribution >= 0.6 is 6.39 Å². The Bertz CT molecular complexity index is 2100. The maximum absolute atomic E-state index is 4.28. The van der Waals surface area contributed by atoms with Crippen molar-refractivity contribution in [1.82, 2.24) is 4.57 Å². The third-order valence-corrected chi connectivity index (χ3v) is 18.2. The van der Waals surface area contributed by atoms with E-state index in [2.05, 4.69) is 126 Å². The Morgan fingerprint density at radius 1 is 0.718 bits per heavy atom. The molecule has 1 N–H and O–H groups in total. The molecular weight excluding hydrogens is 485 g/mol. The zero-order chi connectivity index (χ0) is 25.1. The molecule has 12 rings (SSSR count). The predicted molar refractivity (Wildman–Crippen MR) is 174 cm³/mol. The SMILES string of the molecule is [B-]1B2B3B1P23(Nc1ccccc1)c1cccc2c1Cc1ccc3c4ccccc4n4c3c1B2c1ccccc1-4. The Morgan fingerprint density at radius 3 is 2.33 bits per heavy atom. The number of benzene rings is 5. The molecule has 4 saturated heterocycles. The average molecular weight is 507 g/mol. The van der Waals surface area contributed by atoms with E-state index in [0.29, 0.717) is 0 Å². The number of nitrogens with zero attached hydrogens (tertiary/aromatic N) is 1.